The van der Waals surface area contributed by atoms with Crippen molar-refractivity contribution in [2.75, 3.05) is 20.5 Å². The van der Waals surface area contributed by atoms with Crippen LogP contribution in [-0.2, 0) is 19.0 Å². The zero-order valence-corrected chi connectivity index (χ0v) is 16.3. The van der Waals surface area contributed by atoms with Gasteiger partial charge in [0.25, 0.3) is 0 Å². The van der Waals surface area contributed by atoms with Gasteiger partial charge < -0.3 is 19.3 Å². The van der Waals surface area contributed by atoms with Gasteiger partial charge in [0, 0.05) is 7.11 Å². The third kappa shape index (κ3) is 7.04. The molecular formula is C20H32O5. The summed E-state index contributed by atoms with van der Waals surface area (Å²) < 4.78 is 15.8. The summed E-state index contributed by atoms with van der Waals surface area (Å²) in [5.41, 5.74) is 1.83. The molecule has 5 heteroatoms. The van der Waals surface area contributed by atoms with E-state index in [0.29, 0.717) is 6.61 Å². The fourth-order valence-corrected chi connectivity index (χ4v) is 2.91. The van der Waals surface area contributed by atoms with Crippen LogP contribution >= 0.6 is 0 Å². The minimum Gasteiger partial charge on any atom is -0.515 e. The van der Waals surface area contributed by atoms with Crippen LogP contribution in [-0.4, -0.2) is 37.2 Å². The van der Waals surface area contributed by atoms with E-state index in [1.807, 2.05) is 6.08 Å². The minimum absolute atomic E-state index is 0.0188. The first kappa shape index (κ1) is 21.5. The van der Waals surface area contributed by atoms with Crippen LogP contribution in [0.2, 0.25) is 0 Å². The number of aliphatic hydroxyl groups excluding tert-OH is 1. The summed E-state index contributed by atoms with van der Waals surface area (Å²) in [6.07, 6.45) is 7.43. The van der Waals surface area contributed by atoms with Gasteiger partial charge in [-0.2, -0.15) is 0 Å². The van der Waals surface area contributed by atoms with E-state index in [2.05, 4.69) is 13.8 Å². The summed E-state index contributed by atoms with van der Waals surface area (Å²) in [4.78, 5) is 12.2. The highest BCUT2D eigenvalue weighted by molar-refractivity contribution is 5.91. The second-order valence-corrected chi connectivity index (χ2v) is 7.93. The number of aliphatic hydroxyl groups is 1. The maximum atomic E-state index is 12.2. The molecule has 0 atom stereocenters. The lowest BCUT2D eigenvalue weighted by molar-refractivity contribution is -0.149. The van der Waals surface area contributed by atoms with Crippen LogP contribution in [0.3, 0.4) is 0 Å². The van der Waals surface area contributed by atoms with Crippen LogP contribution in [0.25, 0.3) is 0 Å². The number of carbonyl (C=O) groups excluding carboxylic acids is 1. The second kappa shape index (κ2) is 9.20. The molecule has 0 aromatic rings. The average molecular weight is 352 g/mol. The zero-order valence-electron chi connectivity index (χ0n) is 16.3. The Bertz CT molecular complexity index is 547. The van der Waals surface area contributed by atoms with Crippen molar-refractivity contribution in [2.45, 2.75) is 59.5 Å². The summed E-state index contributed by atoms with van der Waals surface area (Å²) >= 11 is 0. The molecule has 0 aromatic carbocycles. The quantitative estimate of drug-likeness (QED) is 0.183. The Balaban J connectivity index is 3.02. The molecule has 0 amide bonds. The highest BCUT2D eigenvalue weighted by Crippen LogP contribution is 2.41. The van der Waals surface area contributed by atoms with Crippen molar-refractivity contribution in [3.8, 4) is 0 Å². The number of methoxy groups -OCH3 is 1. The predicted molar refractivity (Wildman–Crippen MR) is 98.2 cm³/mol. The van der Waals surface area contributed by atoms with Gasteiger partial charge >= 0.3 is 5.97 Å². The number of rotatable bonds is 7. The van der Waals surface area contributed by atoms with Gasteiger partial charge in [0.2, 0.25) is 0 Å². The monoisotopic (exact) mass is 352 g/mol. The lowest BCUT2D eigenvalue weighted by Crippen LogP contribution is -2.25. The van der Waals surface area contributed by atoms with Crippen molar-refractivity contribution in [3.63, 3.8) is 0 Å². The van der Waals surface area contributed by atoms with Crippen molar-refractivity contribution in [1.82, 2.24) is 0 Å². The zero-order chi connectivity index (χ0) is 19.1. The highest BCUT2D eigenvalue weighted by atomic mass is 16.7. The van der Waals surface area contributed by atoms with Crippen molar-refractivity contribution in [1.29, 1.82) is 0 Å². The van der Waals surface area contributed by atoms with E-state index < -0.39 is 11.6 Å². The SMILES string of the molecule is COCOCC1=C(/C=C/C(=C\O)C(=O)OC(C)(C)C)C(C)(C)CCC1. The van der Waals surface area contributed by atoms with Gasteiger partial charge in [0.15, 0.2) is 0 Å². The molecule has 0 radical (unpaired) electrons. The van der Waals surface area contributed by atoms with Gasteiger partial charge in [-0.05, 0) is 62.7 Å². The highest BCUT2D eigenvalue weighted by Gasteiger charge is 2.28. The molecule has 0 aromatic heterocycles. The van der Waals surface area contributed by atoms with Crippen molar-refractivity contribution in [2.24, 2.45) is 5.41 Å². The van der Waals surface area contributed by atoms with E-state index in [-0.39, 0.29) is 17.8 Å². The molecule has 0 heterocycles. The molecule has 0 bridgehead atoms. The number of esters is 1. The molecule has 5 nitrogen and oxygen atoms in total. The molecule has 1 aliphatic carbocycles. The first-order valence-electron chi connectivity index (χ1n) is 8.65. The first-order chi connectivity index (χ1) is 11.6. The molecule has 0 spiro atoms. The van der Waals surface area contributed by atoms with E-state index in [1.54, 1.807) is 34.0 Å². The van der Waals surface area contributed by atoms with Gasteiger partial charge in [-0.3, -0.25) is 0 Å². The maximum Gasteiger partial charge on any atom is 0.341 e. The summed E-state index contributed by atoms with van der Waals surface area (Å²) in [5.74, 6) is -0.544. The molecular weight excluding hydrogens is 320 g/mol. The molecule has 0 fully saturated rings. The van der Waals surface area contributed by atoms with E-state index in [0.717, 1.165) is 31.1 Å². The maximum absolute atomic E-state index is 12.2. The van der Waals surface area contributed by atoms with Crippen molar-refractivity contribution < 1.29 is 24.1 Å². The second-order valence-electron chi connectivity index (χ2n) is 7.93. The topological polar surface area (TPSA) is 65.0 Å². The van der Waals surface area contributed by atoms with Crippen molar-refractivity contribution in [3.05, 3.63) is 35.1 Å². The molecule has 0 aliphatic heterocycles. The van der Waals surface area contributed by atoms with Crippen LogP contribution in [0, 0.1) is 5.41 Å². The molecule has 1 aliphatic rings. The average Bonchev–Trinajstić information content (AvgIpc) is 2.48. The van der Waals surface area contributed by atoms with Crippen LogP contribution < -0.4 is 0 Å². The van der Waals surface area contributed by atoms with Gasteiger partial charge in [-0.1, -0.05) is 19.9 Å². The Morgan fingerprint density at radius 3 is 2.56 bits per heavy atom. The predicted octanol–water partition coefficient (Wildman–Crippen LogP) is 4.45. The smallest absolute Gasteiger partial charge is 0.341 e. The van der Waals surface area contributed by atoms with Crippen molar-refractivity contribution >= 4 is 5.97 Å². The molecule has 1 N–H and O–H groups in total. The summed E-state index contributed by atoms with van der Waals surface area (Å²) in [7, 11) is 1.60. The molecule has 25 heavy (non-hydrogen) atoms. The van der Waals surface area contributed by atoms with Crippen LogP contribution in [0.5, 0.6) is 0 Å². The number of hydrogen-bond donors (Lipinski definition) is 1. The number of allylic oxidation sites excluding steroid dienone is 2. The van der Waals surface area contributed by atoms with E-state index in [9.17, 15) is 9.90 Å². The minimum atomic E-state index is -0.609. The van der Waals surface area contributed by atoms with Crippen LogP contribution in [0.15, 0.2) is 35.1 Å². The Kier molecular flexibility index (Phi) is 7.90. The number of hydrogen-bond acceptors (Lipinski definition) is 5. The van der Waals surface area contributed by atoms with E-state index in [1.165, 1.54) is 5.57 Å². The van der Waals surface area contributed by atoms with Gasteiger partial charge in [-0.25, -0.2) is 4.79 Å². The molecule has 142 valence electrons. The lowest BCUT2D eigenvalue weighted by Gasteiger charge is -2.34. The third-order valence-electron chi connectivity index (χ3n) is 4.07. The van der Waals surface area contributed by atoms with E-state index in [4.69, 9.17) is 14.2 Å². The lowest BCUT2D eigenvalue weighted by atomic mass is 9.72. The van der Waals surface area contributed by atoms with Gasteiger partial charge in [0.1, 0.15) is 12.4 Å². The first-order valence-corrected chi connectivity index (χ1v) is 8.65. The summed E-state index contributed by atoms with van der Waals surface area (Å²) in [6, 6.07) is 0. The Labute approximate surface area is 151 Å². The molecule has 0 saturated carbocycles. The molecule has 0 saturated heterocycles. The largest absolute Gasteiger partial charge is 0.515 e. The normalized spacial score (nSPS) is 18.7. The summed E-state index contributed by atoms with van der Waals surface area (Å²) in [5, 5.41) is 9.42. The number of carbonyl (C=O) groups is 1. The van der Waals surface area contributed by atoms with Gasteiger partial charge in [0.05, 0.1) is 18.4 Å². The van der Waals surface area contributed by atoms with Crippen LogP contribution in [0.1, 0.15) is 53.9 Å². The Hall–Kier alpha value is -1.59. The Morgan fingerprint density at radius 1 is 1.32 bits per heavy atom. The van der Waals surface area contributed by atoms with Gasteiger partial charge in [-0.15, -0.1) is 0 Å². The summed E-state index contributed by atoms with van der Waals surface area (Å²) in [6.45, 7) is 10.5. The fourth-order valence-electron chi connectivity index (χ4n) is 2.91. The molecule has 1 rings (SSSR count). The number of ether oxygens (including phenoxy) is 3. The fraction of sp³-hybridized carbons (Fsp3) is 0.650. The third-order valence-corrected chi connectivity index (χ3v) is 4.07. The standard InChI is InChI=1S/C20H32O5/c1-19(2,3)25-18(22)15(12-21)9-10-17-16(13-24-14-23-6)8-7-11-20(17,4)5/h9-10,12,21H,7-8,11,13-14H2,1-6H3/b10-9+,15-12+. The van der Waals surface area contributed by atoms with Crippen LogP contribution in [0.4, 0.5) is 0 Å². The van der Waals surface area contributed by atoms with E-state index >= 15 is 0 Å². The Morgan fingerprint density at radius 2 is 2.00 bits per heavy atom. The molecule has 0 unspecified atom stereocenters.